The van der Waals surface area contributed by atoms with Crippen LogP contribution in [0.2, 0.25) is 0 Å². The molecule has 2 saturated heterocycles. The van der Waals surface area contributed by atoms with Gasteiger partial charge < -0.3 is 14.6 Å². The molecule has 2 aromatic rings. The van der Waals surface area contributed by atoms with Crippen molar-refractivity contribution in [2.45, 2.75) is 69.0 Å². The Morgan fingerprint density at radius 3 is 2.31 bits per heavy atom. The third-order valence-corrected chi connectivity index (χ3v) is 8.86. The van der Waals surface area contributed by atoms with Gasteiger partial charge in [-0.15, -0.1) is 0 Å². The molecule has 194 valence electrons. The highest BCUT2D eigenvalue weighted by molar-refractivity contribution is 7.89. The first-order chi connectivity index (χ1) is 16.7. The van der Waals surface area contributed by atoms with Gasteiger partial charge >= 0.3 is 7.12 Å². The minimum Gasteiger partial charge on any atom is -0.399 e. The van der Waals surface area contributed by atoms with E-state index < -0.39 is 64.6 Å². The van der Waals surface area contributed by atoms with Crippen LogP contribution >= 0.6 is 0 Å². The number of sulfonamides is 1. The van der Waals surface area contributed by atoms with Crippen molar-refractivity contribution in [1.82, 2.24) is 9.62 Å². The molecule has 12 heteroatoms. The van der Waals surface area contributed by atoms with Gasteiger partial charge in [-0.05, 0) is 63.5 Å². The fraction of sp³-hybridized carbons (Fsp3) is 0.458. The van der Waals surface area contributed by atoms with Gasteiger partial charge in [-0.25, -0.2) is 21.6 Å². The predicted octanol–water partition coefficient (Wildman–Crippen LogP) is 2.68. The summed E-state index contributed by atoms with van der Waals surface area (Å²) in [6, 6.07) is 7.01. The Labute approximate surface area is 209 Å². The van der Waals surface area contributed by atoms with Gasteiger partial charge in [-0.2, -0.15) is 4.31 Å². The molecule has 2 unspecified atom stereocenters. The lowest BCUT2D eigenvalue weighted by Crippen LogP contribution is -2.45. The zero-order valence-electron chi connectivity index (χ0n) is 20.4. The van der Waals surface area contributed by atoms with Crippen molar-refractivity contribution in [2.24, 2.45) is 0 Å². The number of benzene rings is 2. The second-order valence-corrected chi connectivity index (χ2v) is 11.9. The number of carbonyl (C=O) groups excluding carboxylic acids is 1. The van der Waals surface area contributed by atoms with Gasteiger partial charge in [0.2, 0.25) is 15.9 Å². The molecule has 0 bridgehead atoms. The number of alkyl halides is 1. The van der Waals surface area contributed by atoms with Crippen LogP contribution in [0, 0.1) is 11.6 Å². The summed E-state index contributed by atoms with van der Waals surface area (Å²) >= 11 is 0. The molecule has 0 saturated carbocycles. The Bertz CT molecular complexity index is 1240. The topological polar surface area (TPSA) is 84.9 Å². The highest BCUT2D eigenvalue weighted by atomic mass is 32.2. The van der Waals surface area contributed by atoms with Gasteiger partial charge in [0, 0.05) is 25.1 Å². The molecule has 0 radical (unpaired) electrons. The summed E-state index contributed by atoms with van der Waals surface area (Å²) in [6.07, 6.45) is -1.90. The second-order valence-electron chi connectivity index (χ2n) is 10.0. The van der Waals surface area contributed by atoms with Crippen molar-refractivity contribution in [2.75, 3.05) is 6.54 Å². The molecular weight excluding hydrogens is 496 g/mol. The first-order valence-corrected chi connectivity index (χ1v) is 13.0. The molecule has 7 nitrogen and oxygen atoms in total. The number of carbonyl (C=O) groups is 1. The predicted molar refractivity (Wildman–Crippen MR) is 128 cm³/mol. The minimum absolute atomic E-state index is 0.137. The Hall–Kier alpha value is -2.41. The monoisotopic (exact) mass is 524 g/mol. The molecule has 36 heavy (non-hydrogen) atoms. The molecule has 0 aliphatic carbocycles. The number of nitrogens with one attached hydrogen (secondary N) is 1. The van der Waals surface area contributed by atoms with Crippen molar-refractivity contribution in [3.8, 4) is 0 Å². The second kappa shape index (κ2) is 9.48. The molecule has 0 aromatic heterocycles. The Balaban J connectivity index is 1.49. The Morgan fingerprint density at radius 2 is 1.69 bits per heavy atom. The number of hydrogen-bond acceptors (Lipinski definition) is 5. The molecule has 2 aliphatic heterocycles. The van der Waals surface area contributed by atoms with E-state index in [1.54, 1.807) is 0 Å². The Kier molecular flexibility index (Phi) is 7.02. The number of rotatable bonds is 6. The maximum Gasteiger partial charge on any atom is 0.494 e. The van der Waals surface area contributed by atoms with E-state index in [1.165, 1.54) is 18.2 Å². The number of hydrogen-bond donors (Lipinski definition) is 1. The van der Waals surface area contributed by atoms with Gasteiger partial charge in [-0.1, -0.05) is 12.1 Å². The standard InChI is InChI=1S/C24H28BF3N2O5S/c1-23(2)24(3,4)35-25(34-23)16-5-10-20(28)15(11-16)13-29-22(31)21-12-18(27)14-30(21)36(32,33)19-8-6-17(26)7-9-19/h5-11,18,21H,12-14H2,1-4H3,(H,29,31). The van der Waals surface area contributed by atoms with Crippen LogP contribution < -0.4 is 10.8 Å². The third kappa shape index (κ3) is 5.04. The lowest BCUT2D eigenvalue weighted by Gasteiger charge is -2.32. The van der Waals surface area contributed by atoms with E-state index >= 15 is 0 Å². The highest BCUT2D eigenvalue weighted by Crippen LogP contribution is 2.36. The van der Waals surface area contributed by atoms with E-state index in [0.29, 0.717) is 5.46 Å². The van der Waals surface area contributed by atoms with Crippen molar-refractivity contribution < 1.29 is 35.7 Å². The van der Waals surface area contributed by atoms with Crippen molar-refractivity contribution in [3.05, 3.63) is 59.7 Å². The van der Waals surface area contributed by atoms with Crippen LogP contribution in [-0.2, 0) is 30.7 Å². The van der Waals surface area contributed by atoms with E-state index in [-0.39, 0.29) is 23.4 Å². The van der Waals surface area contributed by atoms with Gasteiger partial charge in [-0.3, -0.25) is 4.79 Å². The van der Waals surface area contributed by atoms with Gasteiger partial charge in [0.05, 0.1) is 16.1 Å². The highest BCUT2D eigenvalue weighted by Gasteiger charge is 2.51. The van der Waals surface area contributed by atoms with Crippen LogP contribution in [0.15, 0.2) is 47.4 Å². The third-order valence-electron chi connectivity index (χ3n) is 6.98. The number of nitrogens with zero attached hydrogens (tertiary/aromatic N) is 1. The lowest BCUT2D eigenvalue weighted by atomic mass is 9.78. The van der Waals surface area contributed by atoms with Crippen molar-refractivity contribution >= 4 is 28.5 Å². The normalized spacial score (nSPS) is 23.7. The van der Waals surface area contributed by atoms with Gasteiger partial charge in [0.1, 0.15) is 23.8 Å². The summed E-state index contributed by atoms with van der Waals surface area (Å²) in [5, 5.41) is 2.52. The average Bonchev–Trinajstić information content (AvgIpc) is 3.29. The lowest BCUT2D eigenvalue weighted by molar-refractivity contribution is -0.124. The van der Waals surface area contributed by atoms with Crippen LogP contribution in [0.3, 0.4) is 0 Å². The molecule has 2 heterocycles. The number of halogens is 3. The summed E-state index contributed by atoms with van der Waals surface area (Å²) in [4.78, 5) is 12.7. The van der Waals surface area contributed by atoms with Crippen LogP contribution in [-0.4, -0.2) is 55.7 Å². The van der Waals surface area contributed by atoms with E-state index in [2.05, 4.69) is 5.32 Å². The van der Waals surface area contributed by atoms with E-state index in [1.807, 2.05) is 27.7 Å². The molecule has 0 spiro atoms. The number of amides is 1. The summed E-state index contributed by atoms with van der Waals surface area (Å²) in [7, 11) is -4.99. The first kappa shape index (κ1) is 26.7. The fourth-order valence-corrected chi connectivity index (χ4v) is 5.78. The van der Waals surface area contributed by atoms with Crippen molar-refractivity contribution in [1.29, 1.82) is 0 Å². The van der Waals surface area contributed by atoms with Gasteiger partial charge in [0.25, 0.3) is 0 Å². The molecule has 2 atom stereocenters. The molecule has 1 amide bonds. The molecule has 4 rings (SSSR count). The summed E-state index contributed by atoms with van der Waals surface area (Å²) in [5.74, 6) is -1.97. The summed E-state index contributed by atoms with van der Waals surface area (Å²) < 4.78 is 80.8. The van der Waals surface area contributed by atoms with Crippen LogP contribution in [0.5, 0.6) is 0 Å². The summed E-state index contributed by atoms with van der Waals surface area (Å²) in [6.45, 7) is 6.80. The van der Waals surface area contributed by atoms with Crippen LogP contribution in [0.1, 0.15) is 39.7 Å². The zero-order chi connectivity index (χ0) is 26.5. The molecule has 2 aliphatic rings. The van der Waals surface area contributed by atoms with E-state index in [4.69, 9.17) is 9.31 Å². The van der Waals surface area contributed by atoms with E-state index in [9.17, 15) is 26.4 Å². The van der Waals surface area contributed by atoms with E-state index in [0.717, 1.165) is 28.6 Å². The van der Waals surface area contributed by atoms with Crippen LogP contribution in [0.4, 0.5) is 13.2 Å². The SMILES string of the molecule is CC1(C)OB(c2ccc(F)c(CNC(=O)C3CC(F)CN3S(=O)(=O)c3ccc(F)cc3)c2)OC1(C)C. The smallest absolute Gasteiger partial charge is 0.399 e. The summed E-state index contributed by atoms with van der Waals surface area (Å²) in [5.41, 5.74) is -0.487. The fourth-order valence-electron chi connectivity index (χ4n) is 4.16. The zero-order valence-corrected chi connectivity index (χ0v) is 21.2. The maximum absolute atomic E-state index is 14.5. The Morgan fingerprint density at radius 1 is 1.08 bits per heavy atom. The average molecular weight is 524 g/mol. The molecule has 1 N–H and O–H groups in total. The molecule has 2 aromatic carbocycles. The molecular formula is C24H28BF3N2O5S. The minimum atomic E-state index is -4.25. The van der Waals surface area contributed by atoms with Gasteiger partial charge in [0.15, 0.2) is 0 Å². The van der Waals surface area contributed by atoms with Crippen molar-refractivity contribution in [3.63, 3.8) is 0 Å². The first-order valence-electron chi connectivity index (χ1n) is 11.5. The van der Waals surface area contributed by atoms with Crippen LogP contribution in [0.25, 0.3) is 0 Å². The molecule has 2 fully saturated rings. The maximum atomic E-state index is 14.5. The largest absolute Gasteiger partial charge is 0.494 e. The quantitative estimate of drug-likeness (QED) is 0.588.